The molecule has 2 rings (SSSR count). The third-order valence-electron chi connectivity index (χ3n) is 4.15. The molecule has 0 aliphatic carbocycles. The number of benzene rings is 1. The molecule has 6 nitrogen and oxygen atoms in total. The molecule has 1 fully saturated rings. The lowest BCUT2D eigenvalue weighted by atomic mass is 10.0. The second-order valence-corrected chi connectivity index (χ2v) is 5.82. The highest BCUT2D eigenvalue weighted by atomic mass is 16.5. The van der Waals surface area contributed by atoms with Crippen LogP contribution in [0.3, 0.4) is 0 Å². The lowest BCUT2D eigenvalue weighted by Gasteiger charge is -2.35. The summed E-state index contributed by atoms with van der Waals surface area (Å²) in [5.41, 5.74) is 0. The van der Waals surface area contributed by atoms with Crippen LogP contribution >= 0.6 is 0 Å². The Balaban J connectivity index is 1.71. The van der Waals surface area contributed by atoms with E-state index in [-0.39, 0.29) is 12.8 Å². The zero-order valence-corrected chi connectivity index (χ0v) is 14.2. The van der Waals surface area contributed by atoms with Crippen LogP contribution in [0.1, 0.15) is 19.8 Å². The van der Waals surface area contributed by atoms with Gasteiger partial charge in [0.1, 0.15) is 11.5 Å². The van der Waals surface area contributed by atoms with Gasteiger partial charge in [-0.15, -0.1) is 0 Å². The molecule has 1 aromatic carbocycles. The standard InChI is InChI=1S/C17H27N3O3/c1-4-22-15-5-7-16(8-6-15)23-13-18-17(21)20(3)14-9-11-19(2)12-10-14/h5-8,14H,4,9-13H2,1-3H3,(H,18,21). The summed E-state index contributed by atoms with van der Waals surface area (Å²) in [5, 5.41) is 2.80. The largest absolute Gasteiger partial charge is 0.494 e. The molecule has 0 spiro atoms. The third kappa shape index (κ3) is 5.32. The van der Waals surface area contributed by atoms with Gasteiger partial charge >= 0.3 is 6.03 Å². The first kappa shape index (κ1) is 17.4. The van der Waals surface area contributed by atoms with Gasteiger partial charge in [-0.1, -0.05) is 0 Å². The minimum Gasteiger partial charge on any atom is -0.494 e. The molecule has 1 aliphatic rings. The molecule has 1 N–H and O–H groups in total. The van der Waals surface area contributed by atoms with Crippen molar-refractivity contribution in [3.05, 3.63) is 24.3 Å². The molecule has 0 aromatic heterocycles. The quantitative estimate of drug-likeness (QED) is 0.816. The number of ether oxygens (including phenoxy) is 2. The number of carbonyl (C=O) groups is 1. The van der Waals surface area contributed by atoms with Crippen LogP contribution in [0.2, 0.25) is 0 Å². The van der Waals surface area contributed by atoms with Crippen LogP contribution in [0.5, 0.6) is 11.5 Å². The zero-order valence-electron chi connectivity index (χ0n) is 14.2. The smallest absolute Gasteiger partial charge is 0.319 e. The van der Waals surface area contributed by atoms with Gasteiger partial charge in [0.2, 0.25) is 0 Å². The van der Waals surface area contributed by atoms with Crippen molar-refractivity contribution in [1.29, 1.82) is 0 Å². The van der Waals surface area contributed by atoms with Crippen molar-refractivity contribution in [2.45, 2.75) is 25.8 Å². The minimum atomic E-state index is -0.0921. The predicted molar refractivity (Wildman–Crippen MR) is 89.9 cm³/mol. The van der Waals surface area contributed by atoms with Gasteiger partial charge in [0.05, 0.1) is 6.61 Å². The van der Waals surface area contributed by atoms with Crippen molar-refractivity contribution in [2.24, 2.45) is 0 Å². The highest BCUT2D eigenvalue weighted by molar-refractivity contribution is 5.74. The van der Waals surface area contributed by atoms with E-state index in [9.17, 15) is 4.79 Å². The second kappa shape index (κ2) is 8.62. The van der Waals surface area contributed by atoms with Gasteiger partial charge < -0.3 is 24.6 Å². The molecule has 128 valence electrons. The molecule has 0 unspecified atom stereocenters. The average molecular weight is 321 g/mol. The van der Waals surface area contributed by atoms with E-state index >= 15 is 0 Å². The fourth-order valence-electron chi connectivity index (χ4n) is 2.65. The van der Waals surface area contributed by atoms with Crippen LogP contribution in [0.4, 0.5) is 4.79 Å². The maximum absolute atomic E-state index is 12.2. The first-order valence-electron chi connectivity index (χ1n) is 8.15. The number of hydrogen-bond acceptors (Lipinski definition) is 4. The molecule has 1 saturated heterocycles. The molecule has 1 heterocycles. The third-order valence-corrected chi connectivity index (χ3v) is 4.15. The molecule has 0 saturated carbocycles. The normalized spacial score (nSPS) is 16.0. The molecular weight excluding hydrogens is 294 g/mol. The predicted octanol–water partition coefficient (Wildman–Crippen LogP) is 2.16. The fourth-order valence-corrected chi connectivity index (χ4v) is 2.65. The zero-order chi connectivity index (χ0) is 16.7. The minimum absolute atomic E-state index is 0.0921. The lowest BCUT2D eigenvalue weighted by molar-refractivity contribution is 0.142. The molecule has 1 aromatic rings. The van der Waals surface area contributed by atoms with Crippen LogP contribution in [-0.4, -0.2) is 62.4 Å². The van der Waals surface area contributed by atoms with Gasteiger partial charge in [-0.2, -0.15) is 0 Å². The van der Waals surface area contributed by atoms with E-state index in [1.54, 1.807) is 4.90 Å². The molecule has 0 radical (unpaired) electrons. The Morgan fingerprint density at radius 3 is 2.35 bits per heavy atom. The number of nitrogens with one attached hydrogen (secondary N) is 1. The Labute approximate surface area is 138 Å². The molecule has 23 heavy (non-hydrogen) atoms. The average Bonchev–Trinajstić information content (AvgIpc) is 2.56. The van der Waals surface area contributed by atoms with E-state index in [1.807, 2.05) is 38.2 Å². The van der Waals surface area contributed by atoms with E-state index in [1.165, 1.54) is 0 Å². The number of amides is 2. The first-order valence-corrected chi connectivity index (χ1v) is 8.15. The van der Waals surface area contributed by atoms with Gasteiger partial charge in [-0.3, -0.25) is 0 Å². The molecule has 0 bridgehead atoms. The van der Waals surface area contributed by atoms with Gasteiger partial charge in [-0.05, 0) is 64.2 Å². The lowest BCUT2D eigenvalue weighted by Crippen LogP contribution is -2.48. The summed E-state index contributed by atoms with van der Waals surface area (Å²) >= 11 is 0. The molecular formula is C17H27N3O3. The molecule has 1 aliphatic heterocycles. The van der Waals surface area contributed by atoms with Crippen molar-refractivity contribution < 1.29 is 14.3 Å². The Morgan fingerprint density at radius 2 is 1.78 bits per heavy atom. The Bertz CT molecular complexity index is 484. The highest BCUT2D eigenvalue weighted by Gasteiger charge is 2.23. The van der Waals surface area contributed by atoms with Crippen molar-refractivity contribution in [2.75, 3.05) is 40.5 Å². The van der Waals surface area contributed by atoms with Crippen molar-refractivity contribution in [3.63, 3.8) is 0 Å². The second-order valence-electron chi connectivity index (χ2n) is 5.82. The van der Waals surface area contributed by atoms with Gasteiger partial charge in [0, 0.05) is 13.1 Å². The summed E-state index contributed by atoms with van der Waals surface area (Å²) in [4.78, 5) is 16.2. The van der Waals surface area contributed by atoms with E-state index in [0.29, 0.717) is 18.4 Å². The SMILES string of the molecule is CCOc1ccc(OCNC(=O)N(C)C2CCN(C)CC2)cc1. The molecule has 0 atom stereocenters. The van der Waals surface area contributed by atoms with Crippen LogP contribution in [0.25, 0.3) is 0 Å². The Morgan fingerprint density at radius 1 is 1.22 bits per heavy atom. The van der Waals surface area contributed by atoms with Crippen LogP contribution in [0, 0.1) is 0 Å². The van der Waals surface area contributed by atoms with Gasteiger partial charge in [0.25, 0.3) is 0 Å². The summed E-state index contributed by atoms with van der Waals surface area (Å²) in [7, 11) is 3.96. The van der Waals surface area contributed by atoms with Gasteiger partial charge in [0.15, 0.2) is 6.73 Å². The van der Waals surface area contributed by atoms with Crippen LogP contribution < -0.4 is 14.8 Å². The van der Waals surface area contributed by atoms with Crippen molar-refractivity contribution in [1.82, 2.24) is 15.1 Å². The highest BCUT2D eigenvalue weighted by Crippen LogP contribution is 2.17. The monoisotopic (exact) mass is 321 g/mol. The van der Waals surface area contributed by atoms with Crippen LogP contribution in [-0.2, 0) is 0 Å². The van der Waals surface area contributed by atoms with E-state index < -0.39 is 0 Å². The Hall–Kier alpha value is -1.95. The number of nitrogens with zero attached hydrogens (tertiary/aromatic N) is 2. The fraction of sp³-hybridized carbons (Fsp3) is 0.588. The van der Waals surface area contributed by atoms with E-state index in [4.69, 9.17) is 9.47 Å². The number of carbonyl (C=O) groups excluding carboxylic acids is 1. The maximum Gasteiger partial charge on any atom is 0.319 e. The summed E-state index contributed by atoms with van der Waals surface area (Å²) in [6.45, 7) is 4.81. The van der Waals surface area contributed by atoms with E-state index in [0.717, 1.165) is 31.7 Å². The number of rotatable bonds is 6. The molecule has 6 heteroatoms. The summed E-state index contributed by atoms with van der Waals surface area (Å²) < 4.78 is 10.9. The molecule has 2 amide bonds. The number of urea groups is 1. The van der Waals surface area contributed by atoms with Gasteiger partial charge in [-0.25, -0.2) is 4.79 Å². The number of likely N-dealkylation sites (tertiary alicyclic amines) is 1. The summed E-state index contributed by atoms with van der Waals surface area (Å²) in [6.07, 6.45) is 2.03. The number of hydrogen-bond donors (Lipinski definition) is 1. The summed E-state index contributed by atoms with van der Waals surface area (Å²) in [5.74, 6) is 1.52. The maximum atomic E-state index is 12.2. The number of piperidine rings is 1. The van der Waals surface area contributed by atoms with Crippen molar-refractivity contribution in [3.8, 4) is 11.5 Å². The Kier molecular flexibility index (Phi) is 6.52. The topological polar surface area (TPSA) is 54.0 Å². The first-order chi connectivity index (χ1) is 11.1. The summed E-state index contributed by atoms with van der Waals surface area (Å²) in [6, 6.07) is 7.58. The van der Waals surface area contributed by atoms with Crippen LogP contribution in [0.15, 0.2) is 24.3 Å². The van der Waals surface area contributed by atoms with E-state index in [2.05, 4.69) is 17.3 Å². The van der Waals surface area contributed by atoms with Crippen molar-refractivity contribution >= 4 is 6.03 Å².